The third kappa shape index (κ3) is 4.15. The lowest BCUT2D eigenvalue weighted by atomic mass is 10.1. The maximum Gasteiger partial charge on any atom is 0.227 e. The van der Waals surface area contributed by atoms with Crippen molar-refractivity contribution in [3.8, 4) is 0 Å². The third-order valence-corrected chi connectivity index (χ3v) is 6.62. The maximum atomic E-state index is 11.8. The summed E-state index contributed by atoms with van der Waals surface area (Å²) in [6, 6.07) is 8.04. The molecule has 1 saturated heterocycles. The number of hydrogen-bond acceptors (Lipinski definition) is 6. The number of aryl methyl sites for hydroxylation is 3. The van der Waals surface area contributed by atoms with Gasteiger partial charge in [-0.25, -0.2) is 13.4 Å². The summed E-state index contributed by atoms with van der Waals surface area (Å²) in [5, 5.41) is 3.34. The standard InChI is InChI=1S/C19H26N4O2S/c1-5-23(17-8-9-26(24,25)12-17)19-20-15(4)11-18(22-19)21-16-7-6-13(2)14(3)10-16/h6-7,10-11,17H,5,8-9,12H2,1-4H3,(H,20,21,22). The number of hydrogen-bond donors (Lipinski definition) is 1. The van der Waals surface area contributed by atoms with E-state index < -0.39 is 9.84 Å². The predicted octanol–water partition coefficient (Wildman–Crippen LogP) is 3.16. The average molecular weight is 375 g/mol. The summed E-state index contributed by atoms with van der Waals surface area (Å²) in [4.78, 5) is 11.2. The molecule has 1 aromatic heterocycles. The lowest BCUT2D eigenvalue weighted by molar-refractivity contribution is 0.599. The molecular weight excluding hydrogens is 348 g/mol. The fourth-order valence-corrected chi connectivity index (χ4v) is 5.03. The van der Waals surface area contributed by atoms with Crippen LogP contribution in [0.3, 0.4) is 0 Å². The van der Waals surface area contributed by atoms with Gasteiger partial charge in [-0.2, -0.15) is 4.98 Å². The van der Waals surface area contributed by atoms with Crippen LogP contribution in [0.4, 0.5) is 17.5 Å². The largest absolute Gasteiger partial charge is 0.340 e. The molecule has 0 saturated carbocycles. The fourth-order valence-electron chi connectivity index (χ4n) is 3.30. The van der Waals surface area contributed by atoms with Crippen LogP contribution in [0.2, 0.25) is 0 Å². The highest BCUT2D eigenvalue weighted by atomic mass is 32.2. The van der Waals surface area contributed by atoms with Gasteiger partial charge in [-0.15, -0.1) is 0 Å². The van der Waals surface area contributed by atoms with Crippen LogP contribution in [-0.4, -0.2) is 42.5 Å². The number of anilines is 3. The van der Waals surface area contributed by atoms with Crippen molar-refractivity contribution in [3.05, 3.63) is 41.1 Å². The van der Waals surface area contributed by atoms with E-state index in [1.165, 1.54) is 11.1 Å². The molecule has 1 atom stereocenters. The molecule has 7 heteroatoms. The topological polar surface area (TPSA) is 75.2 Å². The van der Waals surface area contributed by atoms with Crippen LogP contribution in [-0.2, 0) is 9.84 Å². The zero-order valence-corrected chi connectivity index (χ0v) is 16.6. The van der Waals surface area contributed by atoms with Crippen molar-refractivity contribution in [2.24, 2.45) is 0 Å². The molecule has 3 rings (SSSR count). The second-order valence-electron chi connectivity index (χ2n) is 6.96. The first-order chi connectivity index (χ1) is 12.3. The highest BCUT2D eigenvalue weighted by molar-refractivity contribution is 7.91. The summed E-state index contributed by atoms with van der Waals surface area (Å²) < 4.78 is 23.7. The molecule has 0 radical (unpaired) electrons. The number of sulfone groups is 1. The van der Waals surface area contributed by atoms with Crippen LogP contribution in [0.1, 0.15) is 30.2 Å². The molecule has 1 aromatic carbocycles. The van der Waals surface area contributed by atoms with Gasteiger partial charge >= 0.3 is 0 Å². The van der Waals surface area contributed by atoms with E-state index >= 15 is 0 Å². The van der Waals surface area contributed by atoms with Crippen molar-refractivity contribution in [3.63, 3.8) is 0 Å². The van der Waals surface area contributed by atoms with Crippen LogP contribution in [0.15, 0.2) is 24.3 Å². The average Bonchev–Trinajstić information content (AvgIpc) is 2.91. The van der Waals surface area contributed by atoms with Crippen molar-refractivity contribution < 1.29 is 8.42 Å². The summed E-state index contributed by atoms with van der Waals surface area (Å²) in [5.74, 6) is 1.72. The Hall–Kier alpha value is -2.15. The Morgan fingerprint density at radius 1 is 1.15 bits per heavy atom. The van der Waals surface area contributed by atoms with E-state index in [1.54, 1.807) is 0 Å². The molecule has 0 amide bonds. The van der Waals surface area contributed by atoms with Crippen LogP contribution in [0, 0.1) is 20.8 Å². The van der Waals surface area contributed by atoms with Crippen molar-refractivity contribution in [2.45, 2.75) is 40.2 Å². The van der Waals surface area contributed by atoms with Gasteiger partial charge in [-0.05, 0) is 57.4 Å². The van der Waals surface area contributed by atoms with Gasteiger partial charge in [-0.3, -0.25) is 0 Å². The van der Waals surface area contributed by atoms with Gasteiger partial charge < -0.3 is 10.2 Å². The maximum absolute atomic E-state index is 11.8. The Balaban J connectivity index is 1.87. The van der Waals surface area contributed by atoms with Gasteiger partial charge in [0.25, 0.3) is 0 Å². The summed E-state index contributed by atoms with van der Waals surface area (Å²) >= 11 is 0. The lowest BCUT2D eigenvalue weighted by Crippen LogP contribution is -2.37. The van der Waals surface area contributed by atoms with Crippen LogP contribution in [0.5, 0.6) is 0 Å². The predicted molar refractivity (Wildman–Crippen MR) is 106 cm³/mol. The van der Waals surface area contributed by atoms with Crippen molar-refractivity contribution in [1.29, 1.82) is 0 Å². The molecule has 2 aromatic rings. The van der Waals surface area contributed by atoms with E-state index in [2.05, 4.69) is 41.3 Å². The minimum Gasteiger partial charge on any atom is -0.340 e. The minimum absolute atomic E-state index is 0.0544. The van der Waals surface area contributed by atoms with E-state index in [4.69, 9.17) is 0 Å². The van der Waals surface area contributed by atoms with Crippen LogP contribution >= 0.6 is 0 Å². The molecule has 1 N–H and O–H groups in total. The van der Waals surface area contributed by atoms with Crippen LogP contribution < -0.4 is 10.2 Å². The molecule has 140 valence electrons. The summed E-state index contributed by atoms with van der Waals surface area (Å²) in [6.07, 6.45) is 0.632. The molecule has 1 aliphatic rings. The molecule has 1 fully saturated rings. The fraction of sp³-hybridized carbons (Fsp3) is 0.474. The Labute approximate surface area is 155 Å². The first-order valence-corrected chi connectivity index (χ1v) is 10.8. The summed E-state index contributed by atoms with van der Waals surface area (Å²) in [7, 11) is -2.95. The van der Waals surface area contributed by atoms with E-state index in [9.17, 15) is 8.42 Å². The highest BCUT2D eigenvalue weighted by Gasteiger charge is 2.33. The second kappa shape index (κ2) is 7.23. The summed E-state index contributed by atoms with van der Waals surface area (Å²) in [6.45, 7) is 8.77. The number of benzene rings is 1. The smallest absolute Gasteiger partial charge is 0.227 e. The Morgan fingerprint density at radius 3 is 2.54 bits per heavy atom. The van der Waals surface area contributed by atoms with Gasteiger partial charge in [0.05, 0.1) is 11.5 Å². The normalized spacial score (nSPS) is 18.7. The van der Waals surface area contributed by atoms with Gasteiger partial charge in [0.1, 0.15) is 5.82 Å². The number of aromatic nitrogens is 2. The van der Waals surface area contributed by atoms with E-state index in [0.29, 0.717) is 18.9 Å². The molecule has 0 aliphatic carbocycles. The Bertz CT molecular complexity index is 912. The first-order valence-electron chi connectivity index (χ1n) is 8.94. The van der Waals surface area contributed by atoms with Gasteiger partial charge in [-0.1, -0.05) is 6.07 Å². The number of nitrogens with one attached hydrogen (secondary N) is 1. The molecule has 0 bridgehead atoms. The number of nitrogens with zero attached hydrogens (tertiary/aromatic N) is 3. The summed E-state index contributed by atoms with van der Waals surface area (Å²) in [5.41, 5.74) is 4.28. The minimum atomic E-state index is -2.95. The van der Waals surface area contributed by atoms with Gasteiger partial charge in [0, 0.05) is 30.0 Å². The molecular formula is C19H26N4O2S. The van der Waals surface area contributed by atoms with Crippen molar-refractivity contribution >= 4 is 27.3 Å². The van der Waals surface area contributed by atoms with Crippen molar-refractivity contribution in [1.82, 2.24) is 9.97 Å². The van der Waals surface area contributed by atoms with E-state index in [0.717, 1.165) is 17.2 Å². The Kier molecular flexibility index (Phi) is 5.18. The zero-order chi connectivity index (χ0) is 18.9. The zero-order valence-electron chi connectivity index (χ0n) is 15.8. The van der Waals surface area contributed by atoms with Crippen molar-refractivity contribution in [2.75, 3.05) is 28.3 Å². The second-order valence-corrected chi connectivity index (χ2v) is 9.19. The molecule has 6 nitrogen and oxygen atoms in total. The quantitative estimate of drug-likeness (QED) is 0.866. The Morgan fingerprint density at radius 2 is 1.92 bits per heavy atom. The first kappa shape index (κ1) is 18.6. The highest BCUT2D eigenvalue weighted by Crippen LogP contribution is 2.25. The van der Waals surface area contributed by atoms with E-state index in [-0.39, 0.29) is 17.5 Å². The molecule has 0 spiro atoms. The SMILES string of the molecule is CCN(c1nc(C)cc(Nc2ccc(C)c(C)c2)n1)C1CCS(=O)(=O)C1. The van der Waals surface area contributed by atoms with Crippen LogP contribution in [0.25, 0.3) is 0 Å². The monoisotopic (exact) mass is 374 g/mol. The molecule has 26 heavy (non-hydrogen) atoms. The lowest BCUT2D eigenvalue weighted by Gasteiger charge is -2.27. The number of rotatable bonds is 5. The third-order valence-electron chi connectivity index (χ3n) is 4.87. The van der Waals surface area contributed by atoms with E-state index in [1.807, 2.05) is 30.9 Å². The van der Waals surface area contributed by atoms with Gasteiger partial charge in [0.15, 0.2) is 9.84 Å². The van der Waals surface area contributed by atoms with Gasteiger partial charge in [0.2, 0.25) is 5.95 Å². The molecule has 1 unspecified atom stereocenters. The molecule has 1 aliphatic heterocycles. The molecule has 2 heterocycles.